The third-order valence-corrected chi connectivity index (χ3v) is 1.21. The van der Waals surface area contributed by atoms with Crippen LogP contribution in [0, 0.1) is 0 Å². The van der Waals surface area contributed by atoms with E-state index in [9.17, 15) is 4.79 Å². The van der Waals surface area contributed by atoms with Crippen LogP contribution in [-0.4, -0.2) is 31.7 Å². The SMILES string of the molecule is COCC(NC(C)C)C(N)=O. The summed E-state index contributed by atoms with van der Waals surface area (Å²) in [4.78, 5) is 10.7. The van der Waals surface area contributed by atoms with E-state index in [4.69, 9.17) is 10.5 Å². The summed E-state index contributed by atoms with van der Waals surface area (Å²) in [6, 6.07) is -0.136. The topological polar surface area (TPSA) is 64.3 Å². The smallest absolute Gasteiger partial charge is 0.236 e. The molecule has 11 heavy (non-hydrogen) atoms. The number of hydrogen-bond donors (Lipinski definition) is 2. The molecule has 1 amide bonds. The van der Waals surface area contributed by atoms with Crippen molar-refractivity contribution in [2.24, 2.45) is 5.73 Å². The van der Waals surface area contributed by atoms with Crippen LogP contribution in [0.2, 0.25) is 0 Å². The van der Waals surface area contributed by atoms with Crippen molar-refractivity contribution in [3.63, 3.8) is 0 Å². The Labute approximate surface area is 67.1 Å². The highest BCUT2D eigenvalue weighted by molar-refractivity contribution is 5.80. The minimum absolute atomic E-state index is 0.239. The van der Waals surface area contributed by atoms with Gasteiger partial charge in [0.25, 0.3) is 0 Å². The second-order valence-corrected chi connectivity index (χ2v) is 2.73. The normalized spacial score (nSPS) is 13.5. The van der Waals surface area contributed by atoms with Crippen LogP contribution in [-0.2, 0) is 9.53 Å². The van der Waals surface area contributed by atoms with Gasteiger partial charge in [0.15, 0.2) is 0 Å². The van der Waals surface area contributed by atoms with E-state index >= 15 is 0 Å². The first-order valence-electron chi connectivity index (χ1n) is 3.62. The van der Waals surface area contributed by atoms with E-state index in [1.165, 1.54) is 7.11 Å². The van der Waals surface area contributed by atoms with Crippen LogP contribution in [0.4, 0.5) is 0 Å². The summed E-state index contributed by atoms with van der Waals surface area (Å²) in [5, 5.41) is 2.98. The molecule has 0 heterocycles. The summed E-state index contributed by atoms with van der Waals surface area (Å²) in [6.07, 6.45) is 0. The van der Waals surface area contributed by atoms with E-state index in [2.05, 4.69) is 5.32 Å². The number of hydrogen-bond acceptors (Lipinski definition) is 3. The molecule has 1 atom stereocenters. The second kappa shape index (κ2) is 5.09. The lowest BCUT2D eigenvalue weighted by atomic mass is 10.2. The monoisotopic (exact) mass is 160 g/mol. The molecular formula is C7H16N2O2. The molecule has 0 rings (SSSR count). The minimum atomic E-state index is -0.375. The number of amides is 1. The van der Waals surface area contributed by atoms with Gasteiger partial charge in [0.05, 0.1) is 6.61 Å². The quantitative estimate of drug-likeness (QED) is 0.569. The third kappa shape index (κ3) is 4.75. The highest BCUT2D eigenvalue weighted by atomic mass is 16.5. The summed E-state index contributed by atoms with van der Waals surface area (Å²) in [7, 11) is 1.54. The maximum Gasteiger partial charge on any atom is 0.236 e. The number of nitrogens with two attached hydrogens (primary N) is 1. The van der Waals surface area contributed by atoms with Crippen molar-refractivity contribution in [1.29, 1.82) is 0 Å². The first-order valence-corrected chi connectivity index (χ1v) is 3.62. The van der Waals surface area contributed by atoms with Gasteiger partial charge in [-0.3, -0.25) is 4.79 Å². The lowest BCUT2D eigenvalue weighted by molar-refractivity contribution is -0.121. The zero-order chi connectivity index (χ0) is 8.85. The molecular weight excluding hydrogens is 144 g/mol. The Balaban J connectivity index is 3.79. The number of methoxy groups -OCH3 is 1. The van der Waals surface area contributed by atoms with Gasteiger partial charge in [-0.05, 0) is 0 Å². The van der Waals surface area contributed by atoms with Gasteiger partial charge >= 0.3 is 0 Å². The Morgan fingerprint density at radius 2 is 2.18 bits per heavy atom. The predicted octanol–water partition coefficient (Wildman–Crippen LogP) is -0.515. The minimum Gasteiger partial charge on any atom is -0.383 e. The van der Waals surface area contributed by atoms with Crippen LogP contribution < -0.4 is 11.1 Å². The molecule has 1 unspecified atom stereocenters. The summed E-state index contributed by atoms with van der Waals surface area (Å²) in [5.41, 5.74) is 5.09. The van der Waals surface area contributed by atoms with Gasteiger partial charge in [-0.2, -0.15) is 0 Å². The van der Waals surface area contributed by atoms with Crippen molar-refractivity contribution in [3.05, 3.63) is 0 Å². The Bertz CT molecular complexity index is 126. The summed E-state index contributed by atoms with van der Waals surface area (Å²) in [5.74, 6) is -0.374. The standard InChI is InChI=1S/C7H16N2O2/c1-5(2)9-6(4-11-3)7(8)10/h5-6,9H,4H2,1-3H3,(H2,8,10). The fraction of sp³-hybridized carbons (Fsp3) is 0.857. The molecule has 0 aromatic carbocycles. The van der Waals surface area contributed by atoms with E-state index in [0.29, 0.717) is 6.61 Å². The maximum atomic E-state index is 10.7. The van der Waals surface area contributed by atoms with E-state index in [1.54, 1.807) is 0 Å². The van der Waals surface area contributed by atoms with E-state index < -0.39 is 0 Å². The largest absolute Gasteiger partial charge is 0.383 e. The van der Waals surface area contributed by atoms with Crippen LogP contribution in [0.1, 0.15) is 13.8 Å². The maximum absolute atomic E-state index is 10.7. The van der Waals surface area contributed by atoms with Crippen LogP contribution in [0.3, 0.4) is 0 Å². The van der Waals surface area contributed by atoms with Crippen molar-refractivity contribution in [2.75, 3.05) is 13.7 Å². The second-order valence-electron chi connectivity index (χ2n) is 2.73. The molecule has 4 heteroatoms. The van der Waals surface area contributed by atoms with Gasteiger partial charge in [-0.1, -0.05) is 13.8 Å². The van der Waals surface area contributed by atoms with Crippen molar-refractivity contribution >= 4 is 5.91 Å². The zero-order valence-electron chi connectivity index (χ0n) is 7.26. The molecule has 3 N–H and O–H groups in total. The van der Waals surface area contributed by atoms with Gasteiger partial charge in [-0.15, -0.1) is 0 Å². The van der Waals surface area contributed by atoms with Gasteiger partial charge < -0.3 is 15.8 Å². The molecule has 0 aliphatic carbocycles. The molecule has 0 fully saturated rings. The average molecular weight is 160 g/mol. The molecule has 0 saturated carbocycles. The fourth-order valence-corrected chi connectivity index (χ4v) is 0.781. The summed E-state index contributed by atoms with van der Waals surface area (Å²) >= 11 is 0. The fourth-order valence-electron chi connectivity index (χ4n) is 0.781. The van der Waals surface area contributed by atoms with Crippen LogP contribution in [0.15, 0.2) is 0 Å². The van der Waals surface area contributed by atoms with E-state index in [-0.39, 0.29) is 18.0 Å². The van der Waals surface area contributed by atoms with E-state index in [1.807, 2.05) is 13.8 Å². The first kappa shape index (κ1) is 10.4. The molecule has 0 aromatic rings. The number of carbonyl (C=O) groups is 1. The Hall–Kier alpha value is -0.610. The molecule has 0 aliphatic heterocycles. The van der Waals surface area contributed by atoms with Crippen LogP contribution in [0.25, 0.3) is 0 Å². The van der Waals surface area contributed by atoms with Gasteiger partial charge in [0.2, 0.25) is 5.91 Å². The number of rotatable bonds is 5. The lowest BCUT2D eigenvalue weighted by Gasteiger charge is -2.16. The Kier molecular flexibility index (Phi) is 4.81. The van der Waals surface area contributed by atoms with Gasteiger partial charge in [-0.25, -0.2) is 0 Å². The highest BCUT2D eigenvalue weighted by Gasteiger charge is 2.14. The van der Waals surface area contributed by atoms with E-state index in [0.717, 1.165) is 0 Å². The Morgan fingerprint density at radius 1 is 1.64 bits per heavy atom. The Morgan fingerprint density at radius 3 is 2.45 bits per heavy atom. The number of carbonyl (C=O) groups excluding carboxylic acids is 1. The van der Waals surface area contributed by atoms with Crippen LogP contribution >= 0.6 is 0 Å². The molecule has 0 aliphatic rings. The summed E-state index contributed by atoms with van der Waals surface area (Å²) < 4.78 is 4.80. The zero-order valence-corrected chi connectivity index (χ0v) is 7.26. The first-order chi connectivity index (χ1) is 5.07. The summed E-state index contributed by atoms with van der Waals surface area (Å²) in [6.45, 7) is 4.23. The molecule has 0 saturated heterocycles. The van der Waals surface area contributed by atoms with Gasteiger partial charge in [0.1, 0.15) is 6.04 Å². The van der Waals surface area contributed by atoms with Crippen molar-refractivity contribution in [1.82, 2.24) is 5.32 Å². The van der Waals surface area contributed by atoms with Crippen LogP contribution in [0.5, 0.6) is 0 Å². The van der Waals surface area contributed by atoms with Crippen molar-refractivity contribution in [3.8, 4) is 0 Å². The molecule has 0 bridgehead atoms. The van der Waals surface area contributed by atoms with Gasteiger partial charge in [0, 0.05) is 13.2 Å². The number of primary amides is 1. The predicted molar refractivity (Wildman–Crippen MR) is 43.1 cm³/mol. The molecule has 0 spiro atoms. The number of ether oxygens (including phenoxy) is 1. The molecule has 0 aromatic heterocycles. The number of nitrogens with one attached hydrogen (secondary N) is 1. The average Bonchev–Trinajstić information content (AvgIpc) is 1.86. The molecule has 0 radical (unpaired) electrons. The van der Waals surface area contributed by atoms with Crippen molar-refractivity contribution < 1.29 is 9.53 Å². The third-order valence-electron chi connectivity index (χ3n) is 1.21. The highest BCUT2D eigenvalue weighted by Crippen LogP contribution is 1.87. The molecule has 66 valence electrons. The molecule has 4 nitrogen and oxygen atoms in total. The van der Waals surface area contributed by atoms with Crippen molar-refractivity contribution in [2.45, 2.75) is 25.9 Å². The lowest BCUT2D eigenvalue weighted by Crippen LogP contribution is -2.47.